The third-order valence-corrected chi connectivity index (χ3v) is 25.0. The van der Waals surface area contributed by atoms with Gasteiger partial charge in [-0.3, -0.25) is 57.7 Å². The van der Waals surface area contributed by atoms with E-state index < -0.39 is 151 Å². The Morgan fingerprint density at radius 3 is 1.44 bits per heavy atom. The second kappa shape index (κ2) is 38.6. The number of likely N-dealkylation sites (N-methyl/N-ethyl adjacent to an activating group) is 7. The van der Waals surface area contributed by atoms with Gasteiger partial charge in [0.2, 0.25) is 47.3 Å². The van der Waals surface area contributed by atoms with E-state index in [0.29, 0.717) is 6.42 Å². The molecule has 22 heteroatoms. The van der Waals surface area contributed by atoms with E-state index in [1.165, 1.54) is 83.5 Å². The number of aromatic nitrogens is 1. The summed E-state index contributed by atoms with van der Waals surface area (Å²) in [5.74, 6) is -10.3. The fraction of sp³-hybridized carbons (Fsp3) is 0.763. The van der Waals surface area contributed by atoms with Gasteiger partial charge in [-0.15, -0.1) is 0 Å². The molecule has 0 unspecified atom stereocenters. The van der Waals surface area contributed by atoms with Crippen molar-refractivity contribution in [2.45, 2.75) is 269 Å². The van der Waals surface area contributed by atoms with Crippen molar-refractivity contribution in [3.8, 4) is 0 Å². The van der Waals surface area contributed by atoms with Crippen LogP contribution in [0.15, 0.2) is 30.6 Å². The number of carbonyl (C=O) groups excluding carboxylic acids is 11. The van der Waals surface area contributed by atoms with Crippen LogP contribution in [0.3, 0.4) is 0 Å². The second-order valence-corrected chi connectivity index (χ2v) is 37.1. The lowest BCUT2D eigenvalue weighted by Crippen LogP contribution is -2.63. The number of Topliss-reactive ketones (excluding diaryl/α,β-unsaturated/α-hetero) is 3. The molecule has 2 rings (SSSR count). The first-order chi connectivity index (χ1) is 45.1. The molecule has 0 bridgehead atoms. The first-order valence-electron chi connectivity index (χ1n) is 36.1. The number of ketones is 3. The summed E-state index contributed by atoms with van der Waals surface area (Å²) in [6.07, 6.45) is 6.86. The Balaban J connectivity index is 3.20. The highest BCUT2D eigenvalue weighted by molar-refractivity contribution is 6.74. The van der Waals surface area contributed by atoms with Gasteiger partial charge >= 0.3 is 0 Å². The molecule has 1 N–H and O–H groups in total. The van der Waals surface area contributed by atoms with Gasteiger partial charge in [-0.05, 0) is 124 Å². The molecule has 98 heavy (non-hydrogen) atoms. The van der Waals surface area contributed by atoms with E-state index in [1.807, 2.05) is 100 Å². The summed E-state index contributed by atoms with van der Waals surface area (Å²) >= 11 is 0. The molecule has 556 valence electrons. The number of hydrogen-bond acceptors (Lipinski definition) is 13. The zero-order valence-corrected chi connectivity index (χ0v) is 66.8. The van der Waals surface area contributed by atoms with Crippen LogP contribution in [0.2, 0.25) is 18.1 Å². The van der Waals surface area contributed by atoms with Crippen LogP contribution in [0, 0.1) is 59.2 Å². The third kappa shape index (κ3) is 24.0. The predicted molar refractivity (Wildman–Crippen MR) is 391 cm³/mol. The lowest BCUT2D eigenvalue weighted by molar-refractivity contribution is -0.157. The van der Waals surface area contributed by atoms with E-state index in [4.69, 9.17) is 4.43 Å². The fourth-order valence-electron chi connectivity index (χ4n) is 13.0. The summed E-state index contributed by atoms with van der Waals surface area (Å²) in [5.41, 5.74) is 0.854. The average molecular weight is 1390 g/mol. The Bertz CT molecular complexity index is 2890. The zero-order valence-electron chi connectivity index (χ0n) is 65.8. The Morgan fingerprint density at radius 1 is 0.541 bits per heavy atom. The minimum atomic E-state index is -2.85. The number of rotatable bonds is 18. The van der Waals surface area contributed by atoms with E-state index in [2.05, 4.69) is 44.2 Å². The first kappa shape index (κ1) is 87.9. The molecule has 1 fully saturated rings. The molecule has 0 aromatic carbocycles. The van der Waals surface area contributed by atoms with Gasteiger partial charge in [0.15, 0.2) is 25.7 Å². The summed E-state index contributed by atoms with van der Waals surface area (Å²) < 4.78 is 7.42. The number of allylic oxidation sites excluding steroid dienone is 1. The highest BCUT2D eigenvalue weighted by Gasteiger charge is 2.49. The van der Waals surface area contributed by atoms with Gasteiger partial charge in [0.1, 0.15) is 36.3 Å². The summed E-state index contributed by atoms with van der Waals surface area (Å²) in [7, 11) is 7.77. The number of carbonyl (C=O) groups is 11. The number of pyridine rings is 1. The third-order valence-electron chi connectivity index (χ3n) is 20.5. The quantitative estimate of drug-likeness (QED) is 0.135. The normalized spacial score (nSPS) is 26.3. The molecule has 2 heterocycles. The standard InChI is InChI=1S/C76H131N9O12Si/c1-30-56-42-64(88)66(67(97-98(28,29)76(18,19)20)51(14)33-31-34-55-35-32-36-77-44-55)85(27)75(96)65(50(12)13)84(26)74(95)61(40-48(8)9)83(25)73(94)60(39-47(6)7)82(24)69(90)53(16)78-68(89)52(15)41-62(86)58(37-45(2)3)81(23)72(93)57(49(10)11)43-63(87)59(38-46(4)5)80(22)70(91)54(17)79(21)71(56)92/h31-32,34-36,44-54,56-61,65-67H,30,33,37-43H2,1-29H3,(H,78,89)/t51-,52+,53+,54-,56+,57-,58-,59+,60-,61-,65-,66+,67-/m1/s1. The average Bonchev–Trinajstić information content (AvgIpc) is 0.786. The van der Waals surface area contributed by atoms with Gasteiger partial charge in [0, 0.05) is 98.7 Å². The maximum absolute atomic E-state index is 16.0. The zero-order chi connectivity index (χ0) is 75.7. The minimum absolute atomic E-state index is 0.0722. The van der Waals surface area contributed by atoms with Crippen molar-refractivity contribution in [1.29, 1.82) is 0 Å². The molecule has 0 radical (unpaired) electrons. The van der Waals surface area contributed by atoms with Crippen molar-refractivity contribution in [3.63, 3.8) is 0 Å². The van der Waals surface area contributed by atoms with Crippen LogP contribution in [0.1, 0.15) is 202 Å². The predicted octanol–water partition coefficient (Wildman–Crippen LogP) is 10.5. The lowest BCUT2D eigenvalue weighted by atomic mass is 9.84. The summed E-state index contributed by atoms with van der Waals surface area (Å²) in [6, 6.07) is -5.37. The van der Waals surface area contributed by atoms with Crippen LogP contribution in [-0.2, 0) is 57.2 Å². The Hall–Kier alpha value is -6.16. The van der Waals surface area contributed by atoms with Crippen LogP contribution in [0.5, 0.6) is 0 Å². The highest BCUT2D eigenvalue weighted by atomic mass is 28.4. The Labute approximate surface area is 591 Å². The molecule has 1 aromatic heterocycles. The van der Waals surface area contributed by atoms with Crippen molar-refractivity contribution >= 4 is 79.0 Å². The molecule has 0 saturated carbocycles. The van der Waals surface area contributed by atoms with Gasteiger partial charge in [-0.1, -0.05) is 143 Å². The van der Waals surface area contributed by atoms with Crippen LogP contribution < -0.4 is 5.32 Å². The number of amides is 8. The topological polar surface area (TPSA) is 245 Å². The maximum Gasteiger partial charge on any atom is 0.246 e. The fourth-order valence-corrected chi connectivity index (χ4v) is 14.3. The lowest BCUT2D eigenvalue weighted by Gasteiger charge is -2.46. The van der Waals surface area contributed by atoms with E-state index in [1.54, 1.807) is 54.1 Å². The second-order valence-electron chi connectivity index (χ2n) is 32.4. The highest BCUT2D eigenvalue weighted by Crippen LogP contribution is 2.40. The van der Waals surface area contributed by atoms with Gasteiger partial charge in [-0.25, -0.2) is 0 Å². The molecule has 1 saturated heterocycles. The molecular weight excluding hydrogens is 1260 g/mol. The largest absolute Gasteiger partial charge is 0.411 e. The van der Waals surface area contributed by atoms with Gasteiger partial charge in [0.05, 0.1) is 18.2 Å². The molecular formula is C76H131N9O12Si. The molecule has 13 atom stereocenters. The van der Waals surface area contributed by atoms with E-state index in [-0.39, 0.29) is 91.6 Å². The van der Waals surface area contributed by atoms with Crippen molar-refractivity contribution in [2.75, 3.05) is 49.3 Å². The molecule has 1 aliphatic rings. The smallest absolute Gasteiger partial charge is 0.246 e. The number of nitrogens with zero attached hydrogens (tertiary/aromatic N) is 8. The first-order valence-corrected chi connectivity index (χ1v) is 39.0. The van der Waals surface area contributed by atoms with Crippen LogP contribution in [0.25, 0.3) is 6.08 Å². The monoisotopic (exact) mass is 1390 g/mol. The molecule has 0 spiro atoms. The van der Waals surface area contributed by atoms with Crippen molar-refractivity contribution < 1.29 is 57.2 Å². The molecule has 0 aliphatic carbocycles. The maximum atomic E-state index is 16.0. The van der Waals surface area contributed by atoms with Crippen molar-refractivity contribution in [2.24, 2.45) is 59.2 Å². The Morgan fingerprint density at radius 2 is 0.990 bits per heavy atom. The number of nitrogens with one attached hydrogen (secondary N) is 1. The van der Waals surface area contributed by atoms with Crippen LogP contribution >= 0.6 is 0 Å². The van der Waals surface area contributed by atoms with E-state index >= 15 is 24.0 Å². The molecule has 1 aliphatic heterocycles. The van der Waals surface area contributed by atoms with Crippen molar-refractivity contribution in [1.82, 2.24) is 44.6 Å². The van der Waals surface area contributed by atoms with Gasteiger partial charge in [-0.2, -0.15) is 0 Å². The van der Waals surface area contributed by atoms with E-state index in [9.17, 15) is 28.8 Å². The Kier molecular flexibility index (Phi) is 34.6. The molecule has 8 amide bonds. The van der Waals surface area contributed by atoms with Crippen LogP contribution in [0.4, 0.5) is 0 Å². The van der Waals surface area contributed by atoms with Gasteiger partial charge < -0.3 is 44.0 Å². The van der Waals surface area contributed by atoms with E-state index in [0.717, 1.165) is 5.56 Å². The van der Waals surface area contributed by atoms with Crippen LogP contribution in [-0.4, -0.2) is 216 Å². The molecule has 1 aromatic rings. The molecule has 21 nitrogen and oxygen atoms in total. The summed E-state index contributed by atoms with van der Waals surface area (Å²) in [6.45, 7) is 41.4. The minimum Gasteiger partial charge on any atom is -0.411 e. The number of hydrogen-bond donors (Lipinski definition) is 1. The summed E-state index contributed by atoms with van der Waals surface area (Å²) in [4.78, 5) is 180. The van der Waals surface area contributed by atoms with Gasteiger partial charge in [0.25, 0.3) is 0 Å². The summed E-state index contributed by atoms with van der Waals surface area (Å²) in [5, 5.41) is 2.40. The SMILES string of the molecule is CC[C@H]1CC(=O)[C@@H]([C@H](O[Si](C)(C)C(C)(C)C)[C@H](C)CC=Cc2cccnc2)N(C)C(=O)[C@@H](C(C)C)N(C)C(=O)[C@@H](CC(C)C)N(C)C(=O)[C@@H](CC(C)C)N(C)C(=O)[C@H](C)NC(=O)[C@@H](C)CC(=O)[C@@H](CC(C)C)N(C)C(=O)[C@@H](C(C)C)CC(=O)[C@H](CC(C)C)N(C)C(=O)[C@@H](C)N(C)C1=O. The van der Waals surface area contributed by atoms with Crippen molar-refractivity contribution in [3.05, 3.63) is 36.2 Å².